The maximum absolute atomic E-state index is 12.1. The summed E-state index contributed by atoms with van der Waals surface area (Å²) in [4.78, 5) is 24.7. The van der Waals surface area contributed by atoms with Crippen molar-refractivity contribution in [2.45, 2.75) is 13.3 Å². The molecule has 7 heteroatoms. The van der Waals surface area contributed by atoms with E-state index in [0.717, 1.165) is 0 Å². The Labute approximate surface area is 138 Å². The number of carbonyl (C=O) groups is 2. The maximum Gasteiger partial charge on any atom is 0.308 e. The molecule has 5 nitrogen and oxygen atoms in total. The Morgan fingerprint density at radius 2 is 2.09 bits per heavy atom. The molecular weight excluding hydrogens is 329 g/mol. The number of carbonyl (C=O) groups excluding carboxylic acids is 1. The van der Waals surface area contributed by atoms with Gasteiger partial charge in [0, 0.05) is 18.1 Å². The number of nitrogens with zero attached hydrogens (tertiary/aromatic N) is 1. The van der Waals surface area contributed by atoms with Crippen LogP contribution in [0.2, 0.25) is 10.0 Å². The number of halogens is 2. The quantitative estimate of drug-likeness (QED) is 0.890. The highest BCUT2D eigenvalue weighted by Crippen LogP contribution is 2.28. The van der Waals surface area contributed by atoms with Crippen LogP contribution in [0.1, 0.15) is 13.3 Å². The number of rotatable bonds is 5. The third-order valence-electron chi connectivity index (χ3n) is 3.75. The summed E-state index contributed by atoms with van der Waals surface area (Å²) in [5.74, 6) is -1.02. The first kappa shape index (κ1) is 16.9. The molecule has 1 aliphatic rings. The Balaban J connectivity index is 1.82. The van der Waals surface area contributed by atoms with Crippen molar-refractivity contribution in [2.24, 2.45) is 11.8 Å². The summed E-state index contributed by atoms with van der Waals surface area (Å²) >= 11 is 11.8. The summed E-state index contributed by atoms with van der Waals surface area (Å²) in [6.07, 6.45) is 0.179. The van der Waals surface area contributed by atoms with Crippen LogP contribution >= 0.6 is 23.2 Å². The maximum atomic E-state index is 12.1. The van der Waals surface area contributed by atoms with E-state index in [1.165, 1.54) is 0 Å². The Bertz CT molecular complexity index is 579. The standard InChI is InChI=1S/C15H17Cl2NO4/c1-9-7-18(8-11(9)15(20)21)14(19)4-5-22-13-3-2-10(16)6-12(13)17/h2-3,6,9,11H,4-5,7-8H2,1H3,(H,20,21)/t9-,11-/m1/s1. The van der Waals surface area contributed by atoms with E-state index in [4.69, 9.17) is 33.0 Å². The molecule has 1 N–H and O–H groups in total. The fourth-order valence-corrected chi connectivity index (χ4v) is 2.95. The fourth-order valence-electron chi connectivity index (χ4n) is 2.49. The van der Waals surface area contributed by atoms with Gasteiger partial charge in [-0.1, -0.05) is 30.1 Å². The second kappa shape index (κ2) is 7.20. The number of likely N-dealkylation sites (tertiary alicyclic amines) is 1. The number of ether oxygens (including phenoxy) is 1. The molecule has 2 rings (SSSR count). The first-order valence-electron chi connectivity index (χ1n) is 6.97. The van der Waals surface area contributed by atoms with Crippen LogP contribution in [0.3, 0.4) is 0 Å². The number of benzene rings is 1. The van der Waals surface area contributed by atoms with Gasteiger partial charge >= 0.3 is 5.97 Å². The third-order valence-corrected chi connectivity index (χ3v) is 4.28. The molecule has 1 aromatic carbocycles. The number of carboxylic acid groups (broad SMARTS) is 1. The molecule has 2 atom stereocenters. The first-order chi connectivity index (χ1) is 10.4. The van der Waals surface area contributed by atoms with Crippen molar-refractivity contribution in [2.75, 3.05) is 19.7 Å². The van der Waals surface area contributed by atoms with Gasteiger partial charge in [-0.3, -0.25) is 9.59 Å². The molecule has 1 aliphatic heterocycles. The Morgan fingerprint density at radius 1 is 1.36 bits per heavy atom. The second-order valence-electron chi connectivity index (χ2n) is 5.39. The monoisotopic (exact) mass is 345 g/mol. The molecule has 120 valence electrons. The highest BCUT2D eigenvalue weighted by Gasteiger charge is 2.36. The van der Waals surface area contributed by atoms with E-state index < -0.39 is 11.9 Å². The lowest BCUT2D eigenvalue weighted by atomic mass is 9.99. The van der Waals surface area contributed by atoms with E-state index in [1.54, 1.807) is 23.1 Å². The summed E-state index contributed by atoms with van der Waals surface area (Å²) in [7, 11) is 0. The number of amides is 1. The number of aliphatic carboxylic acids is 1. The minimum Gasteiger partial charge on any atom is -0.491 e. The van der Waals surface area contributed by atoms with Crippen LogP contribution < -0.4 is 4.74 Å². The van der Waals surface area contributed by atoms with Crippen LogP contribution in [0.15, 0.2) is 18.2 Å². The van der Waals surface area contributed by atoms with E-state index in [1.807, 2.05) is 6.92 Å². The van der Waals surface area contributed by atoms with Crippen LogP contribution in [-0.2, 0) is 9.59 Å². The van der Waals surface area contributed by atoms with Gasteiger partial charge in [0.15, 0.2) is 0 Å². The molecule has 1 aromatic rings. The van der Waals surface area contributed by atoms with Crippen molar-refractivity contribution in [3.05, 3.63) is 28.2 Å². The van der Waals surface area contributed by atoms with E-state index >= 15 is 0 Å². The molecule has 22 heavy (non-hydrogen) atoms. The van der Waals surface area contributed by atoms with Crippen molar-refractivity contribution >= 4 is 35.1 Å². The van der Waals surface area contributed by atoms with Gasteiger partial charge in [0.05, 0.1) is 24.0 Å². The lowest BCUT2D eigenvalue weighted by Gasteiger charge is -2.16. The molecule has 0 spiro atoms. The van der Waals surface area contributed by atoms with Crippen molar-refractivity contribution in [1.82, 2.24) is 4.90 Å². The summed E-state index contributed by atoms with van der Waals surface area (Å²) in [6.45, 7) is 2.76. The predicted octanol–water partition coefficient (Wildman–Crippen LogP) is 2.94. The zero-order chi connectivity index (χ0) is 16.3. The van der Waals surface area contributed by atoms with Gasteiger partial charge < -0.3 is 14.7 Å². The molecule has 0 aromatic heterocycles. The van der Waals surface area contributed by atoms with Crippen molar-refractivity contribution in [3.8, 4) is 5.75 Å². The molecule has 0 radical (unpaired) electrons. The molecule has 0 unspecified atom stereocenters. The van der Waals surface area contributed by atoms with Gasteiger partial charge in [0.2, 0.25) is 5.91 Å². The zero-order valence-electron chi connectivity index (χ0n) is 12.1. The topological polar surface area (TPSA) is 66.8 Å². The first-order valence-corrected chi connectivity index (χ1v) is 7.72. The largest absolute Gasteiger partial charge is 0.491 e. The SMILES string of the molecule is C[C@@H]1CN(C(=O)CCOc2ccc(Cl)cc2Cl)C[C@H]1C(=O)O. The minimum absolute atomic E-state index is 0.0342. The summed E-state index contributed by atoms with van der Waals surface area (Å²) < 4.78 is 5.47. The molecule has 0 bridgehead atoms. The molecule has 1 amide bonds. The van der Waals surface area contributed by atoms with Gasteiger partial charge in [-0.05, 0) is 24.1 Å². The predicted molar refractivity (Wildman–Crippen MR) is 83.4 cm³/mol. The third kappa shape index (κ3) is 4.05. The molecule has 1 heterocycles. The van der Waals surface area contributed by atoms with E-state index in [2.05, 4.69) is 0 Å². The van der Waals surface area contributed by atoms with Crippen LogP contribution in [0, 0.1) is 11.8 Å². The number of hydrogen-bond acceptors (Lipinski definition) is 3. The van der Waals surface area contributed by atoms with Gasteiger partial charge in [0.25, 0.3) is 0 Å². The molecule has 0 saturated carbocycles. The lowest BCUT2D eigenvalue weighted by Crippen LogP contribution is -2.30. The van der Waals surface area contributed by atoms with Gasteiger partial charge in [-0.15, -0.1) is 0 Å². The number of hydrogen-bond donors (Lipinski definition) is 1. The highest BCUT2D eigenvalue weighted by molar-refractivity contribution is 6.35. The molecular formula is C15H17Cl2NO4. The van der Waals surface area contributed by atoms with Crippen molar-refractivity contribution < 1.29 is 19.4 Å². The zero-order valence-corrected chi connectivity index (χ0v) is 13.6. The second-order valence-corrected chi connectivity index (χ2v) is 6.24. The summed E-state index contributed by atoms with van der Waals surface area (Å²) in [5, 5.41) is 9.98. The normalized spacial score (nSPS) is 21.0. The highest BCUT2D eigenvalue weighted by atomic mass is 35.5. The Hall–Kier alpha value is -1.46. The Morgan fingerprint density at radius 3 is 2.68 bits per heavy atom. The van der Waals surface area contributed by atoms with E-state index in [9.17, 15) is 9.59 Å². The summed E-state index contributed by atoms with van der Waals surface area (Å²) in [5.41, 5.74) is 0. The Kier molecular flexibility index (Phi) is 5.53. The smallest absolute Gasteiger partial charge is 0.308 e. The van der Waals surface area contributed by atoms with E-state index in [-0.39, 0.29) is 31.4 Å². The van der Waals surface area contributed by atoms with Crippen LogP contribution in [-0.4, -0.2) is 41.6 Å². The fraction of sp³-hybridized carbons (Fsp3) is 0.467. The molecule has 1 saturated heterocycles. The molecule has 1 fully saturated rings. The van der Waals surface area contributed by atoms with Gasteiger partial charge in [-0.2, -0.15) is 0 Å². The number of carboxylic acids is 1. The van der Waals surface area contributed by atoms with Crippen molar-refractivity contribution in [1.29, 1.82) is 0 Å². The molecule has 0 aliphatic carbocycles. The van der Waals surface area contributed by atoms with Crippen LogP contribution in [0.4, 0.5) is 0 Å². The summed E-state index contributed by atoms with van der Waals surface area (Å²) in [6, 6.07) is 4.87. The van der Waals surface area contributed by atoms with Gasteiger partial charge in [0.1, 0.15) is 5.75 Å². The average molecular weight is 346 g/mol. The van der Waals surface area contributed by atoms with Crippen LogP contribution in [0.25, 0.3) is 0 Å². The van der Waals surface area contributed by atoms with Crippen molar-refractivity contribution in [3.63, 3.8) is 0 Å². The average Bonchev–Trinajstić information content (AvgIpc) is 2.83. The van der Waals surface area contributed by atoms with Gasteiger partial charge in [-0.25, -0.2) is 0 Å². The lowest BCUT2D eigenvalue weighted by molar-refractivity contribution is -0.142. The van der Waals surface area contributed by atoms with Crippen LogP contribution in [0.5, 0.6) is 5.75 Å². The van der Waals surface area contributed by atoms with E-state index in [0.29, 0.717) is 22.3 Å². The minimum atomic E-state index is -0.855.